The predicted molar refractivity (Wildman–Crippen MR) is 126 cm³/mol. The van der Waals surface area contributed by atoms with Crippen molar-refractivity contribution in [2.75, 3.05) is 0 Å². The molecule has 0 aromatic carbocycles. The van der Waals surface area contributed by atoms with Crippen molar-refractivity contribution in [2.24, 2.45) is 0 Å². The molecule has 2 aromatic heterocycles. The van der Waals surface area contributed by atoms with E-state index < -0.39 is 23.4 Å². The van der Waals surface area contributed by atoms with Crippen LogP contribution in [-0.4, -0.2) is 9.97 Å². The van der Waals surface area contributed by atoms with Crippen molar-refractivity contribution in [1.82, 2.24) is 9.97 Å². The summed E-state index contributed by atoms with van der Waals surface area (Å²) < 4.78 is 178. The molecule has 0 saturated carbocycles. The molecule has 0 atom stereocenters. The fourth-order valence-corrected chi connectivity index (χ4v) is 2.07. The van der Waals surface area contributed by atoms with Gasteiger partial charge in [0.25, 0.3) is 0 Å². The molecule has 0 saturated heterocycles. The summed E-state index contributed by atoms with van der Waals surface area (Å²) in [6.07, 6.45) is 3.75. The van der Waals surface area contributed by atoms with Crippen molar-refractivity contribution in [3.8, 4) is 11.4 Å². The summed E-state index contributed by atoms with van der Waals surface area (Å²) >= 11 is 0. The minimum Gasteiger partial charge on any atom is 3.00 e. The van der Waals surface area contributed by atoms with E-state index >= 15 is 0 Å². The summed E-state index contributed by atoms with van der Waals surface area (Å²) in [5.74, 6) is 0. The SMILES string of the molecule is CC(C)(C)c1ccnc(-c2cc(C(C)(C)C)ccn2)c1.F[P-](F)(F)(F)(F)F.F[P-](F)(F)(F)(F)F.F[P-](F)(F)(F)(F)F.[Ir+3]. The van der Waals surface area contributed by atoms with E-state index in [0.29, 0.717) is 0 Å². The fourth-order valence-electron chi connectivity index (χ4n) is 2.07. The normalized spacial score (nSPS) is 17.5. The summed E-state index contributed by atoms with van der Waals surface area (Å²) in [6.45, 7) is 13.3. The Hall–Kier alpha value is -1.02. The topological polar surface area (TPSA) is 25.8 Å². The summed E-state index contributed by atoms with van der Waals surface area (Å²) in [6, 6.07) is 8.46. The van der Waals surface area contributed by atoms with Gasteiger partial charge in [-0.1, -0.05) is 41.5 Å². The molecule has 0 amide bonds. The second kappa shape index (κ2) is 10.5. The predicted octanol–water partition coefficient (Wildman–Crippen LogP) is 14.9. The van der Waals surface area contributed by atoms with Crippen LogP contribution < -0.4 is 0 Å². The Kier molecular flexibility index (Phi) is 11.4. The number of aromatic nitrogens is 2. The van der Waals surface area contributed by atoms with E-state index in [-0.39, 0.29) is 30.9 Å². The molecule has 0 unspecified atom stereocenters. The Morgan fingerprint density at radius 3 is 0.738 bits per heavy atom. The van der Waals surface area contributed by atoms with E-state index in [0.717, 1.165) is 11.4 Å². The van der Waals surface area contributed by atoms with Crippen LogP contribution in [0.25, 0.3) is 11.4 Å². The van der Waals surface area contributed by atoms with Crippen LogP contribution in [0.5, 0.6) is 0 Å². The van der Waals surface area contributed by atoms with Crippen LogP contribution in [0, 0.1) is 0 Å². The largest absolute Gasteiger partial charge is 3.00 e. The van der Waals surface area contributed by atoms with Crippen LogP contribution >= 0.6 is 23.4 Å². The average molecular weight is 896 g/mol. The van der Waals surface area contributed by atoms with Gasteiger partial charge in [-0.25, -0.2) is 0 Å². The number of hydrogen-bond acceptors (Lipinski definition) is 2. The minimum absolute atomic E-state index is 0. The molecule has 0 N–H and O–H groups in total. The second-order valence-corrected chi connectivity index (χ2v) is 16.0. The van der Waals surface area contributed by atoms with Crippen molar-refractivity contribution in [3.05, 3.63) is 47.8 Å². The third-order valence-corrected chi connectivity index (χ3v) is 3.51. The Bertz CT molecular complexity index is 1050. The summed E-state index contributed by atoms with van der Waals surface area (Å²) in [4.78, 5) is 8.97. The quantitative estimate of drug-likeness (QED) is 0.211. The fraction of sp³-hybridized carbons (Fsp3) is 0.444. The molecule has 0 fully saturated rings. The van der Waals surface area contributed by atoms with Gasteiger partial charge in [0, 0.05) is 12.4 Å². The first-order chi connectivity index (χ1) is 16.5. The van der Waals surface area contributed by atoms with Gasteiger partial charge in [0.15, 0.2) is 0 Å². The number of pyridine rings is 2. The molecule has 2 nitrogen and oxygen atoms in total. The van der Waals surface area contributed by atoms with Crippen molar-refractivity contribution >= 4 is 23.4 Å². The van der Waals surface area contributed by atoms with E-state index in [1.165, 1.54) is 11.1 Å². The van der Waals surface area contributed by atoms with Gasteiger partial charge in [-0.2, -0.15) is 0 Å². The van der Waals surface area contributed by atoms with Gasteiger partial charge >= 0.3 is 119 Å². The molecule has 2 rings (SSSR count). The van der Waals surface area contributed by atoms with Crippen LogP contribution in [0.2, 0.25) is 0 Å². The molecule has 42 heavy (non-hydrogen) atoms. The van der Waals surface area contributed by atoms with E-state index in [4.69, 9.17) is 0 Å². The molecule has 0 radical (unpaired) electrons. The first-order valence-corrected chi connectivity index (χ1v) is 16.2. The summed E-state index contributed by atoms with van der Waals surface area (Å²) in [5.41, 5.74) is 4.71. The standard InChI is InChI=1S/C18H24N2.3F6P.Ir/c1-17(2,3)13-7-9-19-15(11-13)16-12-14(8-10-20-16)18(4,5)6;3*1-7(2,3,4,5)6;/h7-12H,1-6H3;;;;/q;3*-1;+3. The maximum Gasteiger partial charge on any atom is 3.00 e. The van der Waals surface area contributed by atoms with Gasteiger partial charge in [-0.3, -0.25) is 9.97 Å². The van der Waals surface area contributed by atoms with Crippen molar-refractivity contribution in [3.63, 3.8) is 0 Å². The third-order valence-electron chi connectivity index (χ3n) is 3.51. The molecule has 2 heterocycles. The third kappa shape index (κ3) is 46.0. The maximum atomic E-state index is 9.87. The zero-order chi connectivity index (χ0) is 34.2. The second-order valence-electron chi connectivity index (χ2n) is 10.2. The molecular weight excluding hydrogens is 871 g/mol. The Morgan fingerprint density at radius 2 is 0.595 bits per heavy atom. The van der Waals surface area contributed by atoms with Gasteiger partial charge < -0.3 is 0 Å². The van der Waals surface area contributed by atoms with Gasteiger partial charge in [-0.15, -0.1) is 0 Å². The van der Waals surface area contributed by atoms with E-state index in [9.17, 15) is 75.5 Å². The summed E-state index contributed by atoms with van der Waals surface area (Å²) in [5, 5.41) is 0. The smallest absolute Gasteiger partial charge is 3.00 e. The zero-order valence-electron chi connectivity index (χ0n) is 21.8. The molecule has 0 aliphatic carbocycles. The Labute approximate surface area is 240 Å². The molecule has 0 aliphatic heterocycles. The van der Waals surface area contributed by atoms with Crippen molar-refractivity contribution in [1.29, 1.82) is 0 Å². The van der Waals surface area contributed by atoms with Crippen LogP contribution in [0.1, 0.15) is 52.7 Å². The van der Waals surface area contributed by atoms with E-state index in [1.807, 2.05) is 12.4 Å². The first-order valence-electron chi connectivity index (χ1n) is 10.2. The van der Waals surface area contributed by atoms with E-state index in [2.05, 4.69) is 75.8 Å². The molecule has 2 aromatic rings. The van der Waals surface area contributed by atoms with E-state index in [1.54, 1.807) is 0 Å². The maximum absolute atomic E-state index is 10.7. The van der Waals surface area contributed by atoms with Crippen LogP contribution in [0.3, 0.4) is 0 Å². The molecule has 0 bridgehead atoms. The molecular formula is C18H24F18IrN2P3. The number of rotatable bonds is 1. The van der Waals surface area contributed by atoms with Gasteiger partial charge in [0.1, 0.15) is 0 Å². The summed E-state index contributed by atoms with van der Waals surface area (Å²) in [7, 11) is -32.0. The molecule has 0 spiro atoms. The van der Waals surface area contributed by atoms with Gasteiger partial charge in [0.2, 0.25) is 0 Å². The molecule has 256 valence electrons. The van der Waals surface area contributed by atoms with Crippen molar-refractivity contribution in [2.45, 2.75) is 52.4 Å². The molecule has 0 aliphatic rings. The zero-order valence-corrected chi connectivity index (χ0v) is 26.9. The van der Waals surface area contributed by atoms with Gasteiger partial charge in [0.05, 0.1) is 11.4 Å². The minimum atomic E-state index is -10.7. The van der Waals surface area contributed by atoms with Crippen molar-refractivity contribution < 1.29 is 95.6 Å². The Morgan fingerprint density at radius 1 is 0.429 bits per heavy atom. The number of halogens is 18. The van der Waals surface area contributed by atoms with Crippen LogP contribution in [0.4, 0.5) is 75.5 Å². The Balaban J connectivity index is -0.000000573. The number of hydrogen-bond donors (Lipinski definition) is 0. The van der Waals surface area contributed by atoms with Gasteiger partial charge in [-0.05, 0) is 46.2 Å². The average Bonchev–Trinajstić information content (AvgIpc) is 2.52. The number of nitrogens with zero attached hydrogens (tertiary/aromatic N) is 2. The first kappa shape index (κ1) is 45.4. The monoisotopic (exact) mass is 896 g/mol. The molecule has 24 heteroatoms. The van der Waals surface area contributed by atoms with Crippen LogP contribution in [0.15, 0.2) is 36.7 Å². The van der Waals surface area contributed by atoms with Crippen LogP contribution in [-0.2, 0) is 30.9 Å².